The zero-order chi connectivity index (χ0) is 9.14. The zero-order valence-corrected chi connectivity index (χ0v) is 8.98. The summed E-state index contributed by atoms with van der Waals surface area (Å²) >= 11 is 9.25. The molecule has 12 heavy (non-hydrogen) atoms. The molecule has 0 aliphatic heterocycles. The van der Waals surface area contributed by atoms with Gasteiger partial charge < -0.3 is 0 Å². The number of hydrogen-bond acceptors (Lipinski definition) is 0. The first-order valence-electron chi connectivity index (χ1n) is 3.56. The summed E-state index contributed by atoms with van der Waals surface area (Å²) in [5.74, 6) is 2.76. The summed E-state index contributed by atoms with van der Waals surface area (Å²) in [6.07, 6.45) is 5.31. The van der Waals surface area contributed by atoms with E-state index in [2.05, 4.69) is 21.9 Å². The average molecular weight is 244 g/mol. The van der Waals surface area contributed by atoms with Gasteiger partial charge in [0.1, 0.15) is 0 Å². The summed E-state index contributed by atoms with van der Waals surface area (Å²) in [5, 5.41) is 0.718. The molecule has 0 saturated carbocycles. The maximum absolute atomic E-state index is 5.83. The van der Waals surface area contributed by atoms with Gasteiger partial charge in [-0.15, -0.1) is 6.42 Å². The number of hydrogen-bond donors (Lipinski definition) is 0. The van der Waals surface area contributed by atoms with Gasteiger partial charge in [-0.1, -0.05) is 33.5 Å². The van der Waals surface area contributed by atoms with Crippen LogP contribution in [0.15, 0.2) is 22.7 Å². The highest BCUT2D eigenvalue weighted by Gasteiger charge is 2.06. The van der Waals surface area contributed by atoms with Gasteiger partial charge in [0.15, 0.2) is 0 Å². The first-order chi connectivity index (χ1) is 5.65. The molecule has 0 aliphatic carbocycles. The van der Waals surface area contributed by atoms with Crippen LogP contribution < -0.4 is 0 Å². The lowest BCUT2D eigenvalue weighted by atomic mass is 10.0. The molecular formula is C10H8BrCl. The van der Waals surface area contributed by atoms with Gasteiger partial charge in [-0.05, 0) is 30.7 Å². The number of halogens is 2. The summed E-state index contributed by atoms with van der Waals surface area (Å²) in [6.45, 7) is 1.97. The zero-order valence-electron chi connectivity index (χ0n) is 6.64. The third kappa shape index (κ3) is 2.03. The first kappa shape index (κ1) is 9.64. The van der Waals surface area contributed by atoms with Crippen molar-refractivity contribution in [3.8, 4) is 12.3 Å². The van der Waals surface area contributed by atoms with Crippen molar-refractivity contribution in [1.82, 2.24) is 0 Å². The molecule has 1 rings (SSSR count). The Morgan fingerprint density at radius 3 is 2.83 bits per heavy atom. The van der Waals surface area contributed by atoms with Gasteiger partial charge in [-0.2, -0.15) is 0 Å². The fraction of sp³-hybridized carbons (Fsp3) is 0.200. The predicted octanol–water partition coefficient (Wildman–Crippen LogP) is 3.84. The summed E-state index contributed by atoms with van der Waals surface area (Å²) in [6, 6.07) is 5.63. The van der Waals surface area contributed by atoms with Gasteiger partial charge in [-0.3, -0.25) is 0 Å². The molecule has 0 bridgehead atoms. The third-order valence-electron chi connectivity index (χ3n) is 1.67. The molecule has 62 valence electrons. The van der Waals surface area contributed by atoms with E-state index in [9.17, 15) is 0 Å². The molecule has 1 atom stereocenters. The number of rotatable bonds is 1. The smallest absolute Gasteiger partial charge is 0.0433 e. The van der Waals surface area contributed by atoms with Crippen LogP contribution in [0.4, 0.5) is 0 Å². The molecule has 1 aromatic carbocycles. The Bertz CT molecular complexity index is 325. The molecule has 0 nitrogen and oxygen atoms in total. The minimum atomic E-state index is 0.0954. The minimum Gasteiger partial charge on any atom is -0.119 e. The fourth-order valence-electron chi connectivity index (χ4n) is 0.936. The molecule has 0 fully saturated rings. The van der Waals surface area contributed by atoms with E-state index in [1.165, 1.54) is 0 Å². The molecule has 0 N–H and O–H groups in total. The molecular weight excluding hydrogens is 235 g/mol. The molecule has 0 heterocycles. The van der Waals surface area contributed by atoms with Gasteiger partial charge in [0.25, 0.3) is 0 Å². The van der Waals surface area contributed by atoms with Crippen molar-refractivity contribution in [3.05, 3.63) is 33.3 Å². The molecule has 0 aliphatic rings. The lowest BCUT2D eigenvalue weighted by Crippen LogP contribution is -1.90. The Hall–Kier alpha value is -0.450. The monoisotopic (exact) mass is 242 g/mol. The van der Waals surface area contributed by atoms with Crippen molar-refractivity contribution in [2.75, 3.05) is 0 Å². The van der Waals surface area contributed by atoms with E-state index in [1.54, 1.807) is 0 Å². The van der Waals surface area contributed by atoms with Crippen molar-refractivity contribution in [2.45, 2.75) is 12.8 Å². The van der Waals surface area contributed by atoms with Gasteiger partial charge in [-0.25, -0.2) is 0 Å². The Morgan fingerprint density at radius 1 is 1.58 bits per heavy atom. The highest BCUT2D eigenvalue weighted by atomic mass is 79.9. The Morgan fingerprint density at radius 2 is 2.25 bits per heavy atom. The minimum absolute atomic E-state index is 0.0954. The van der Waals surface area contributed by atoms with Crippen molar-refractivity contribution >= 4 is 27.5 Å². The highest BCUT2D eigenvalue weighted by Crippen LogP contribution is 2.27. The van der Waals surface area contributed by atoms with Gasteiger partial charge in [0, 0.05) is 15.4 Å². The van der Waals surface area contributed by atoms with Crippen LogP contribution in [0, 0.1) is 12.3 Å². The van der Waals surface area contributed by atoms with Crippen LogP contribution in [0.2, 0.25) is 5.02 Å². The van der Waals surface area contributed by atoms with Crippen LogP contribution in [0.1, 0.15) is 18.4 Å². The summed E-state index contributed by atoms with van der Waals surface area (Å²) in [7, 11) is 0. The molecule has 0 radical (unpaired) electrons. The van der Waals surface area contributed by atoms with E-state index in [0.717, 1.165) is 15.1 Å². The maximum atomic E-state index is 5.83. The molecule has 0 saturated heterocycles. The van der Waals surface area contributed by atoms with Gasteiger partial charge in [0.05, 0.1) is 0 Å². The van der Waals surface area contributed by atoms with Gasteiger partial charge >= 0.3 is 0 Å². The topological polar surface area (TPSA) is 0 Å². The second-order valence-corrected chi connectivity index (χ2v) is 3.84. The predicted molar refractivity (Wildman–Crippen MR) is 56.4 cm³/mol. The van der Waals surface area contributed by atoms with Crippen molar-refractivity contribution in [1.29, 1.82) is 0 Å². The van der Waals surface area contributed by atoms with E-state index < -0.39 is 0 Å². The third-order valence-corrected chi connectivity index (χ3v) is 2.63. The van der Waals surface area contributed by atoms with Crippen LogP contribution in [-0.4, -0.2) is 0 Å². The van der Waals surface area contributed by atoms with Crippen LogP contribution in [0.3, 0.4) is 0 Å². The van der Waals surface area contributed by atoms with Crippen molar-refractivity contribution < 1.29 is 0 Å². The first-order valence-corrected chi connectivity index (χ1v) is 4.73. The molecule has 1 aromatic rings. The van der Waals surface area contributed by atoms with Gasteiger partial charge in [0.2, 0.25) is 0 Å². The second-order valence-electron chi connectivity index (χ2n) is 2.55. The SMILES string of the molecule is C#CC(C)c1cc(Cl)ccc1Br. The number of terminal acetylenes is 1. The van der Waals surface area contributed by atoms with E-state index in [-0.39, 0.29) is 5.92 Å². The van der Waals surface area contributed by atoms with Crippen LogP contribution in [-0.2, 0) is 0 Å². The Labute approximate surface area is 86.1 Å². The molecule has 0 amide bonds. The van der Waals surface area contributed by atoms with E-state index in [0.29, 0.717) is 0 Å². The fourth-order valence-corrected chi connectivity index (χ4v) is 1.71. The average Bonchev–Trinajstić information content (AvgIpc) is 2.08. The van der Waals surface area contributed by atoms with Crippen LogP contribution in [0.5, 0.6) is 0 Å². The van der Waals surface area contributed by atoms with Crippen LogP contribution in [0.25, 0.3) is 0 Å². The molecule has 0 spiro atoms. The Balaban J connectivity index is 3.15. The lowest BCUT2D eigenvalue weighted by molar-refractivity contribution is 0.997. The molecule has 2 heteroatoms. The summed E-state index contributed by atoms with van der Waals surface area (Å²) in [4.78, 5) is 0. The second kappa shape index (κ2) is 3.98. The van der Waals surface area contributed by atoms with Crippen molar-refractivity contribution in [2.24, 2.45) is 0 Å². The summed E-state index contributed by atoms with van der Waals surface area (Å²) in [5.41, 5.74) is 1.06. The highest BCUT2D eigenvalue weighted by molar-refractivity contribution is 9.10. The summed E-state index contributed by atoms with van der Waals surface area (Å²) < 4.78 is 1.01. The molecule has 0 aromatic heterocycles. The quantitative estimate of drug-likeness (QED) is 0.658. The van der Waals surface area contributed by atoms with Crippen LogP contribution >= 0.6 is 27.5 Å². The normalized spacial score (nSPS) is 12.2. The van der Waals surface area contributed by atoms with E-state index >= 15 is 0 Å². The van der Waals surface area contributed by atoms with Crippen molar-refractivity contribution in [3.63, 3.8) is 0 Å². The van der Waals surface area contributed by atoms with E-state index in [4.69, 9.17) is 18.0 Å². The number of benzene rings is 1. The van der Waals surface area contributed by atoms with E-state index in [1.807, 2.05) is 25.1 Å². The lowest BCUT2D eigenvalue weighted by Gasteiger charge is -2.07. The molecule has 1 unspecified atom stereocenters. The Kier molecular flexibility index (Phi) is 3.20. The largest absolute Gasteiger partial charge is 0.119 e. The standard InChI is InChI=1S/C10H8BrCl/c1-3-7(2)9-6-8(12)4-5-10(9)11/h1,4-7H,2H3. The maximum Gasteiger partial charge on any atom is 0.0433 e.